The molecule has 0 amide bonds. The second-order valence-corrected chi connectivity index (χ2v) is 6.49. The molecule has 1 N–H and O–H groups in total. The molecule has 0 saturated heterocycles. The Morgan fingerprint density at radius 2 is 1.86 bits per heavy atom. The van der Waals surface area contributed by atoms with E-state index in [1.807, 2.05) is 18.3 Å². The number of methoxy groups -OCH3 is 2. The first-order chi connectivity index (χ1) is 13.7. The summed E-state index contributed by atoms with van der Waals surface area (Å²) in [7, 11) is 3.42. The highest BCUT2D eigenvalue weighted by Gasteiger charge is 2.38. The number of fused-ring (bicyclic) bond motifs is 1. The van der Waals surface area contributed by atoms with E-state index in [9.17, 15) is 13.2 Å². The number of carboxylic acid groups (broad SMARTS) is 1. The van der Waals surface area contributed by atoms with Crippen LogP contribution < -0.4 is 4.74 Å². The lowest BCUT2D eigenvalue weighted by Gasteiger charge is -2.34. The number of hydrogen-bond donors (Lipinski definition) is 1. The van der Waals surface area contributed by atoms with E-state index in [1.165, 1.54) is 5.56 Å². The van der Waals surface area contributed by atoms with Gasteiger partial charge in [0.05, 0.1) is 31.6 Å². The fourth-order valence-corrected chi connectivity index (χ4v) is 3.05. The minimum Gasteiger partial charge on any atom is -0.497 e. The highest BCUT2D eigenvalue weighted by Crippen LogP contribution is 2.27. The van der Waals surface area contributed by atoms with Crippen LogP contribution in [0, 0.1) is 0 Å². The Bertz CT molecular complexity index is 806. The van der Waals surface area contributed by atoms with Crippen LogP contribution in [0.2, 0.25) is 0 Å². The molecule has 1 aromatic carbocycles. The van der Waals surface area contributed by atoms with Gasteiger partial charge in [0.2, 0.25) is 0 Å². The van der Waals surface area contributed by atoms with Crippen molar-refractivity contribution in [3.05, 3.63) is 47.5 Å². The lowest BCUT2D eigenvalue weighted by atomic mass is 10.1. The fourth-order valence-electron chi connectivity index (χ4n) is 3.05. The fraction of sp³-hybridized carbons (Fsp3) is 0.474. The highest BCUT2D eigenvalue weighted by atomic mass is 19.4. The molecule has 1 atom stereocenters. The first-order valence-corrected chi connectivity index (χ1v) is 8.87. The SMILES string of the molecule is COCc1cnc2n1CCN(Cc1ccc(OC)cc1)C2C.O=C(O)C(F)(F)F. The summed E-state index contributed by atoms with van der Waals surface area (Å²) in [6.07, 6.45) is -3.15. The molecule has 1 aliphatic heterocycles. The Labute approximate surface area is 166 Å². The summed E-state index contributed by atoms with van der Waals surface area (Å²) in [5.74, 6) is -0.727. The van der Waals surface area contributed by atoms with E-state index in [-0.39, 0.29) is 0 Å². The molecule has 0 aliphatic carbocycles. The molecule has 0 saturated carbocycles. The van der Waals surface area contributed by atoms with Gasteiger partial charge in [-0.1, -0.05) is 12.1 Å². The number of alkyl halides is 3. The number of halogens is 3. The number of carboxylic acids is 1. The van der Waals surface area contributed by atoms with Crippen LogP contribution >= 0.6 is 0 Å². The molecule has 0 fully saturated rings. The molecule has 0 bridgehead atoms. The summed E-state index contributed by atoms with van der Waals surface area (Å²) < 4.78 is 44.5. The van der Waals surface area contributed by atoms with Crippen LogP contribution in [0.4, 0.5) is 13.2 Å². The topological polar surface area (TPSA) is 76.8 Å². The van der Waals surface area contributed by atoms with Gasteiger partial charge in [-0.2, -0.15) is 13.2 Å². The monoisotopic (exact) mass is 415 g/mol. The van der Waals surface area contributed by atoms with Crippen molar-refractivity contribution >= 4 is 5.97 Å². The Balaban J connectivity index is 0.000000370. The molecule has 2 heterocycles. The standard InChI is InChI=1S/C17H23N3O2.C2HF3O2/c1-13-17-18-10-15(12-21-2)20(17)9-8-19(13)11-14-4-6-16(22-3)7-5-14;3-2(4,5)1(6)7/h4-7,10,13H,8-9,11-12H2,1-3H3;(H,6,7). The number of rotatable bonds is 5. The molecule has 0 radical (unpaired) electrons. The van der Waals surface area contributed by atoms with Crippen LogP contribution in [0.1, 0.15) is 30.0 Å². The Hall–Kier alpha value is -2.59. The number of benzene rings is 1. The van der Waals surface area contributed by atoms with E-state index in [0.717, 1.165) is 36.9 Å². The van der Waals surface area contributed by atoms with Gasteiger partial charge in [0.25, 0.3) is 0 Å². The van der Waals surface area contributed by atoms with Crippen LogP contribution in [0.15, 0.2) is 30.5 Å². The first kappa shape index (κ1) is 22.7. The van der Waals surface area contributed by atoms with Crippen molar-refractivity contribution < 1.29 is 32.5 Å². The van der Waals surface area contributed by atoms with Crippen molar-refractivity contribution in [2.24, 2.45) is 0 Å². The number of carbonyl (C=O) groups is 1. The third-order valence-corrected chi connectivity index (χ3v) is 4.58. The second-order valence-electron chi connectivity index (χ2n) is 6.49. The Morgan fingerprint density at radius 3 is 2.38 bits per heavy atom. The molecule has 29 heavy (non-hydrogen) atoms. The summed E-state index contributed by atoms with van der Waals surface area (Å²) in [5, 5.41) is 7.12. The van der Waals surface area contributed by atoms with Gasteiger partial charge in [0, 0.05) is 26.7 Å². The number of ether oxygens (including phenoxy) is 2. The molecule has 7 nitrogen and oxygen atoms in total. The van der Waals surface area contributed by atoms with Crippen molar-refractivity contribution in [3.63, 3.8) is 0 Å². The summed E-state index contributed by atoms with van der Waals surface area (Å²) in [5.41, 5.74) is 2.46. The van der Waals surface area contributed by atoms with Gasteiger partial charge in [-0.3, -0.25) is 4.90 Å². The number of aliphatic carboxylic acids is 1. The maximum atomic E-state index is 10.6. The Kier molecular flexibility index (Phi) is 7.63. The third kappa shape index (κ3) is 5.94. The van der Waals surface area contributed by atoms with Gasteiger partial charge in [-0.15, -0.1) is 0 Å². The summed E-state index contributed by atoms with van der Waals surface area (Å²) in [6, 6.07) is 8.59. The molecular weight excluding hydrogens is 391 g/mol. The van der Waals surface area contributed by atoms with Gasteiger partial charge < -0.3 is 19.1 Å². The maximum Gasteiger partial charge on any atom is 0.490 e. The quantitative estimate of drug-likeness (QED) is 0.808. The number of nitrogens with zero attached hydrogens (tertiary/aromatic N) is 3. The zero-order chi connectivity index (χ0) is 21.6. The molecule has 0 spiro atoms. The first-order valence-electron chi connectivity index (χ1n) is 8.87. The van der Waals surface area contributed by atoms with E-state index < -0.39 is 12.1 Å². The average molecular weight is 415 g/mol. The smallest absolute Gasteiger partial charge is 0.490 e. The van der Waals surface area contributed by atoms with E-state index in [0.29, 0.717) is 12.6 Å². The molecule has 1 aromatic heterocycles. The van der Waals surface area contributed by atoms with E-state index >= 15 is 0 Å². The lowest BCUT2D eigenvalue weighted by molar-refractivity contribution is -0.192. The molecule has 10 heteroatoms. The van der Waals surface area contributed by atoms with Crippen molar-refractivity contribution in [2.45, 2.75) is 38.8 Å². The van der Waals surface area contributed by atoms with E-state index in [2.05, 4.69) is 33.5 Å². The minimum atomic E-state index is -5.08. The molecule has 160 valence electrons. The maximum absolute atomic E-state index is 10.6. The van der Waals surface area contributed by atoms with Crippen LogP contribution in [-0.2, 0) is 29.2 Å². The highest BCUT2D eigenvalue weighted by molar-refractivity contribution is 5.73. The zero-order valence-corrected chi connectivity index (χ0v) is 16.4. The summed E-state index contributed by atoms with van der Waals surface area (Å²) >= 11 is 0. The Morgan fingerprint density at radius 1 is 1.24 bits per heavy atom. The molecular formula is C19H24F3N3O4. The number of imidazole rings is 1. The van der Waals surface area contributed by atoms with Gasteiger partial charge in [0.15, 0.2) is 0 Å². The largest absolute Gasteiger partial charge is 0.497 e. The molecule has 1 aliphatic rings. The van der Waals surface area contributed by atoms with Gasteiger partial charge in [-0.05, 0) is 24.6 Å². The molecule has 2 aromatic rings. The predicted molar refractivity (Wildman–Crippen MR) is 98.4 cm³/mol. The van der Waals surface area contributed by atoms with Crippen molar-refractivity contribution in [2.75, 3.05) is 20.8 Å². The predicted octanol–water partition coefficient (Wildman–Crippen LogP) is 3.25. The molecule has 3 rings (SSSR count). The van der Waals surface area contributed by atoms with Gasteiger partial charge in [-0.25, -0.2) is 9.78 Å². The van der Waals surface area contributed by atoms with Gasteiger partial charge >= 0.3 is 12.1 Å². The summed E-state index contributed by atoms with van der Waals surface area (Å²) in [4.78, 5) is 16.0. The van der Waals surface area contributed by atoms with Crippen LogP contribution in [0.25, 0.3) is 0 Å². The summed E-state index contributed by atoms with van der Waals surface area (Å²) in [6.45, 7) is 5.76. The third-order valence-electron chi connectivity index (χ3n) is 4.58. The normalized spacial score (nSPS) is 16.6. The van der Waals surface area contributed by atoms with Crippen LogP contribution in [0.5, 0.6) is 5.75 Å². The van der Waals surface area contributed by atoms with Crippen LogP contribution in [0.3, 0.4) is 0 Å². The van der Waals surface area contributed by atoms with Crippen molar-refractivity contribution in [1.82, 2.24) is 14.5 Å². The minimum absolute atomic E-state index is 0.307. The lowest BCUT2D eigenvalue weighted by Crippen LogP contribution is -2.37. The molecule has 1 unspecified atom stereocenters. The average Bonchev–Trinajstić information content (AvgIpc) is 3.08. The second kappa shape index (κ2) is 9.75. The number of aromatic nitrogens is 2. The van der Waals surface area contributed by atoms with Crippen molar-refractivity contribution in [1.29, 1.82) is 0 Å². The van der Waals surface area contributed by atoms with E-state index in [1.54, 1.807) is 14.2 Å². The van der Waals surface area contributed by atoms with E-state index in [4.69, 9.17) is 19.4 Å². The van der Waals surface area contributed by atoms with Gasteiger partial charge in [0.1, 0.15) is 11.6 Å². The van der Waals surface area contributed by atoms with Crippen LogP contribution in [-0.4, -0.2) is 52.5 Å². The zero-order valence-electron chi connectivity index (χ0n) is 16.4. The van der Waals surface area contributed by atoms with Crippen molar-refractivity contribution in [3.8, 4) is 5.75 Å². The number of hydrogen-bond acceptors (Lipinski definition) is 5.